The number of nitrogens with zero attached hydrogens (tertiary/aromatic N) is 3. The highest BCUT2D eigenvalue weighted by Crippen LogP contribution is 2.56. The third-order valence-corrected chi connectivity index (χ3v) is 14.0. The standard InChI is InChI=1S/C59H48N4/c1-38-36-52-51(37-50(38)40-30-34-44(35-31-40)59-61-57(42-16-5-2-6-17-42)60-58(62-59)43-18-7-3-8-19-43)47-22-11-12-23-48(47)55(52)41-32-28-39(29-33-41)46-25-15-27-54-56(46)49-24-13-14-26-53(49)63(54)45-20-9-4-10-21-45/h2-3,5-9,11-35,38,50,55,57H,4,10,36-37H2,1H3,(H,60,61,62). The van der Waals surface area contributed by atoms with Gasteiger partial charge in [0.05, 0.1) is 11.0 Å². The van der Waals surface area contributed by atoms with Crippen molar-refractivity contribution < 1.29 is 0 Å². The van der Waals surface area contributed by atoms with Gasteiger partial charge in [-0.3, -0.25) is 0 Å². The van der Waals surface area contributed by atoms with Crippen molar-refractivity contribution in [1.82, 2.24) is 9.88 Å². The van der Waals surface area contributed by atoms with Crippen LogP contribution in [0.1, 0.15) is 89.6 Å². The summed E-state index contributed by atoms with van der Waals surface area (Å²) >= 11 is 0. The summed E-state index contributed by atoms with van der Waals surface area (Å²) in [5.41, 5.74) is 18.3. The molecule has 4 nitrogen and oxygen atoms in total. The number of rotatable bonds is 7. The smallest absolute Gasteiger partial charge is 0.169 e. The Kier molecular flexibility index (Phi) is 9.25. The van der Waals surface area contributed by atoms with Gasteiger partial charge in [0.25, 0.3) is 0 Å². The van der Waals surface area contributed by atoms with E-state index in [1.54, 1.807) is 11.1 Å². The fraction of sp³-hybridized carbons (Fsp3) is 0.153. The molecule has 8 aromatic rings. The first-order valence-corrected chi connectivity index (χ1v) is 22.6. The van der Waals surface area contributed by atoms with Gasteiger partial charge in [0.1, 0.15) is 11.7 Å². The molecule has 0 spiro atoms. The van der Waals surface area contributed by atoms with Gasteiger partial charge < -0.3 is 9.88 Å². The molecular weight excluding hydrogens is 765 g/mol. The van der Waals surface area contributed by atoms with E-state index < -0.39 is 0 Å². The third kappa shape index (κ3) is 6.52. The van der Waals surface area contributed by atoms with Crippen LogP contribution in [0.3, 0.4) is 0 Å². The Balaban J connectivity index is 0.847. The van der Waals surface area contributed by atoms with E-state index >= 15 is 0 Å². The molecule has 4 heteroatoms. The van der Waals surface area contributed by atoms with Crippen LogP contribution in [0.2, 0.25) is 0 Å². The highest BCUT2D eigenvalue weighted by Gasteiger charge is 2.39. The predicted octanol–water partition coefficient (Wildman–Crippen LogP) is 14.3. The van der Waals surface area contributed by atoms with E-state index in [1.807, 2.05) is 12.1 Å². The maximum absolute atomic E-state index is 5.13. The third-order valence-electron chi connectivity index (χ3n) is 14.0. The molecule has 4 atom stereocenters. The first-order valence-electron chi connectivity index (χ1n) is 22.6. The molecule has 0 saturated heterocycles. The average Bonchev–Trinajstić information content (AvgIpc) is 3.87. The fourth-order valence-corrected chi connectivity index (χ4v) is 10.9. The molecule has 2 heterocycles. The molecule has 12 rings (SSSR count). The highest BCUT2D eigenvalue weighted by atomic mass is 15.2. The maximum Gasteiger partial charge on any atom is 0.169 e. The van der Waals surface area contributed by atoms with E-state index in [0.29, 0.717) is 11.8 Å². The van der Waals surface area contributed by atoms with E-state index in [1.165, 1.54) is 60.9 Å². The minimum atomic E-state index is -0.308. The SMILES string of the molecule is CC1CC2=C(CC1c1ccc(C3=NC(c4ccccc4)N=C(c4ccccc4)N3)cc1)c1ccccc1C2c1ccc(-c2cccc3c2c2ccccc2n3C2=CCCC=C2)cc1. The molecule has 0 amide bonds. The van der Waals surface area contributed by atoms with E-state index in [4.69, 9.17) is 9.98 Å². The minimum absolute atomic E-state index is 0.271. The van der Waals surface area contributed by atoms with E-state index in [0.717, 1.165) is 54.0 Å². The van der Waals surface area contributed by atoms with Crippen LogP contribution in [0, 0.1) is 5.92 Å². The number of fused-ring (bicyclic) bond motifs is 5. The molecule has 1 aliphatic heterocycles. The van der Waals surface area contributed by atoms with Gasteiger partial charge in [0.2, 0.25) is 0 Å². The van der Waals surface area contributed by atoms with E-state index in [2.05, 4.69) is 199 Å². The Labute approximate surface area is 369 Å². The van der Waals surface area contributed by atoms with Gasteiger partial charge in [-0.1, -0.05) is 188 Å². The Bertz CT molecular complexity index is 3200. The Morgan fingerprint density at radius 3 is 1.97 bits per heavy atom. The molecule has 63 heavy (non-hydrogen) atoms. The monoisotopic (exact) mass is 812 g/mol. The molecule has 0 saturated carbocycles. The number of amidine groups is 2. The molecule has 4 aliphatic rings. The molecule has 0 bridgehead atoms. The summed E-state index contributed by atoms with van der Waals surface area (Å²) in [6.45, 7) is 2.46. The summed E-state index contributed by atoms with van der Waals surface area (Å²) in [5, 5.41) is 6.21. The van der Waals surface area contributed by atoms with Crippen molar-refractivity contribution in [2.75, 3.05) is 0 Å². The van der Waals surface area contributed by atoms with Gasteiger partial charge in [0, 0.05) is 33.5 Å². The Morgan fingerprint density at radius 2 is 1.19 bits per heavy atom. The number of hydrogen-bond donors (Lipinski definition) is 1. The minimum Gasteiger partial charge on any atom is -0.324 e. The summed E-state index contributed by atoms with van der Waals surface area (Å²) < 4.78 is 2.45. The van der Waals surface area contributed by atoms with Gasteiger partial charge in [-0.15, -0.1) is 0 Å². The number of hydrogen-bond acceptors (Lipinski definition) is 3. The fourth-order valence-electron chi connectivity index (χ4n) is 10.9. The lowest BCUT2D eigenvalue weighted by molar-refractivity contribution is 0.439. The van der Waals surface area contributed by atoms with Gasteiger partial charge >= 0.3 is 0 Å². The number of allylic oxidation sites excluding steroid dienone is 6. The van der Waals surface area contributed by atoms with Crippen molar-refractivity contribution in [2.24, 2.45) is 15.9 Å². The first-order chi connectivity index (χ1) is 31.2. The highest BCUT2D eigenvalue weighted by molar-refractivity contribution is 6.17. The lowest BCUT2D eigenvalue weighted by atomic mass is 9.71. The molecule has 0 fully saturated rings. The molecule has 7 aromatic carbocycles. The van der Waals surface area contributed by atoms with Crippen molar-refractivity contribution in [3.05, 3.63) is 239 Å². The average molecular weight is 813 g/mol. The normalized spacial score (nSPS) is 20.5. The second-order valence-corrected chi connectivity index (χ2v) is 17.7. The number of nitrogens with one attached hydrogen (secondary N) is 1. The second-order valence-electron chi connectivity index (χ2n) is 17.7. The van der Waals surface area contributed by atoms with Crippen LogP contribution < -0.4 is 5.32 Å². The van der Waals surface area contributed by atoms with E-state index in [-0.39, 0.29) is 12.1 Å². The van der Waals surface area contributed by atoms with Gasteiger partial charge in [-0.2, -0.15) is 0 Å². The van der Waals surface area contributed by atoms with Crippen LogP contribution >= 0.6 is 0 Å². The van der Waals surface area contributed by atoms with Crippen LogP contribution in [0.15, 0.2) is 210 Å². The summed E-state index contributed by atoms with van der Waals surface area (Å²) in [6.07, 6.45) is 11.0. The summed E-state index contributed by atoms with van der Waals surface area (Å²) in [7, 11) is 0. The van der Waals surface area contributed by atoms with Gasteiger partial charge in [-0.25, -0.2) is 9.98 Å². The van der Waals surface area contributed by atoms with Crippen molar-refractivity contribution in [3.63, 3.8) is 0 Å². The number of benzene rings is 7. The topological polar surface area (TPSA) is 41.7 Å². The zero-order chi connectivity index (χ0) is 41.9. The lowest BCUT2D eigenvalue weighted by Gasteiger charge is -2.33. The van der Waals surface area contributed by atoms with Crippen LogP contribution in [-0.4, -0.2) is 16.2 Å². The number of aromatic nitrogens is 1. The molecule has 3 aliphatic carbocycles. The first kappa shape index (κ1) is 37.5. The number of para-hydroxylation sites is 1. The molecule has 1 N–H and O–H groups in total. The summed E-state index contributed by atoms with van der Waals surface area (Å²) in [4.78, 5) is 10.2. The quantitative estimate of drug-likeness (QED) is 0.171. The van der Waals surface area contributed by atoms with Crippen LogP contribution in [0.4, 0.5) is 0 Å². The molecule has 4 unspecified atom stereocenters. The maximum atomic E-state index is 5.13. The molecular formula is C59H48N4. The largest absolute Gasteiger partial charge is 0.324 e. The van der Waals surface area contributed by atoms with Crippen molar-refractivity contribution in [2.45, 2.75) is 50.6 Å². The van der Waals surface area contributed by atoms with Crippen molar-refractivity contribution in [3.8, 4) is 11.1 Å². The van der Waals surface area contributed by atoms with Crippen LogP contribution in [0.25, 0.3) is 44.2 Å². The van der Waals surface area contributed by atoms with E-state index in [9.17, 15) is 0 Å². The lowest BCUT2D eigenvalue weighted by Crippen LogP contribution is -2.36. The zero-order valence-corrected chi connectivity index (χ0v) is 35.5. The zero-order valence-electron chi connectivity index (χ0n) is 35.5. The Morgan fingerprint density at radius 1 is 0.540 bits per heavy atom. The molecule has 0 radical (unpaired) electrons. The second kappa shape index (κ2) is 15.6. The Hall–Kier alpha value is -7.30. The van der Waals surface area contributed by atoms with Gasteiger partial charge in [0.15, 0.2) is 6.17 Å². The predicted molar refractivity (Wildman–Crippen MR) is 262 cm³/mol. The van der Waals surface area contributed by atoms with Crippen LogP contribution in [-0.2, 0) is 0 Å². The molecule has 304 valence electrons. The summed E-state index contributed by atoms with van der Waals surface area (Å²) in [5.74, 6) is 2.89. The summed E-state index contributed by atoms with van der Waals surface area (Å²) in [6, 6.07) is 64.4. The number of aliphatic imine (C=N–C) groups is 2. The van der Waals surface area contributed by atoms with Crippen molar-refractivity contribution >= 4 is 44.7 Å². The molecule has 1 aromatic heterocycles. The van der Waals surface area contributed by atoms with Crippen LogP contribution in [0.5, 0.6) is 0 Å². The van der Waals surface area contributed by atoms with Gasteiger partial charge in [-0.05, 0) is 100 Å². The van der Waals surface area contributed by atoms with Crippen molar-refractivity contribution in [1.29, 1.82) is 0 Å².